The summed E-state index contributed by atoms with van der Waals surface area (Å²) in [5.74, 6) is 0.682. The molecule has 9 heteroatoms. The van der Waals surface area contributed by atoms with E-state index in [0.717, 1.165) is 47.2 Å². The van der Waals surface area contributed by atoms with Crippen LogP contribution in [0.1, 0.15) is 18.4 Å². The van der Waals surface area contributed by atoms with Crippen LogP contribution in [0, 0.1) is 0 Å². The minimum atomic E-state index is -0.306. The molecule has 7 rings (SSSR count). The lowest BCUT2D eigenvalue weighted by molar-refractivity contribution is -0.000881. The van der Waals surface area contributed by atoms with Crippen LogP contribution in [0.15, 0.2) is 47.2 Å². The maximum Gasteiger partial charge on any atom is 0.315 e. The van der Waals surface area contributed by atoms with Gasteiger partial charge in [0, 0.05) is 54.9 Å². The first kappa shape index (κ1) is 18.6. The number of pyridine rings is 1. The molecule has 0 radical (unpaired) electrons. The second kappa shape index (κ2) is 7.21. The van der Waals surface area contributed by atoms with E-state index in [1.807, 2.05) is 41.5 Å². The summed E-state index contributed by atoms with van der Waals surface area (Å²) in [7, 11) is 0. The Morgan fingerprint density at radius 1 is 1.26 bits per heavy atom. The van der Waals surface area contributed by atoms with Crippen molar-refractivity contribution < 1.29 is 13.9 Å². The molecule has 2 unspecified atom stereocenters. The Hall–Kier alpha value is -3.17. The van der Waals surface area contributed by atoms with E-state index in [0.29, 0.717) is 29.2 Å². The zero-order chi connectivity index (χ0) is 20.9. The topological polar surface area (TPSA) is 97.7 Å². The van der Waals surface area contributed by atoms with E-state index in [4.69, 9.17) is 14.9 Å². The summed E-state index contributed by atoms with van der Waals surface area (Å²) in [6, 6.07) is 9.99. The number of amides is 2. The molecule has 8 nitrogen and oxygen atoms in total. The number of carbonyl (C=O) groups is 1. The van der Waals surface area contributed by atoms with Gasteiger partial charge in [-0.25, -0.2) is 9.78 Å². The maximum atomic E-state index is 11.7. The van der Waals surface area contributed by atoms with Crippen LogP contribution in [0.4, 0.5) is 4.79 Å². The average molecular weight is 436 g/mol. The first-order valence-electron chi connectivity index (χ1n) is 10.3. The van der Waals surface area contributed by atoms with Gasteiger partial charge in [0.15, 0.2) is 5.65 Å². The van der Waals surface area contributed by atoms with Gasteiger partial charge in [0.2, 0.25) is 0 Å². The zero-order valence-electron chi connectivity index (χ0n) is 16.7. The predicted molar refractivity (Wildman–Crippen MR) is 117 cm³/mol. The zero-order valence-corrected chi connectivity index (χ0v) is 17.5. The molecule has 0 spiro atoms. The molecule has 158 valence electrons. The van der Waals surface area contributed by atoms with Crippen LogP contribution in [0.25, 0.3) is 21.3 Å². The van der Waals surface area contributed by atoms with Crippen LogP contribution >= 0.6 is 11.3 Å². The van der Waals surface area contributed by atoms with Crippen LogP contribution in [0.3, 0.4) is 0 Å². The van der Waals surface area contributed by atoms with Gasteiger partial charge in [-0.05, 0) is 37.1 Å². The second-order valence-electron chi connectivity index (χ2n) is 8.13. The number of furan rings is 1. The molecule has 2 N–H and O–H groups in total. The monoisotopic (exact) mass is 435 g/mol. The Morgan fingerprint density at radius 2 is 2.16 bits per heavy atom. The Balaban J connectivity index is 1.20. The second-order valence-corrected chi connectivity index (χ2v) is 9.12. The lowest BCUT2D eigenvalue weighted by Gasteiger charge is -2.50. The molecule has 0 saturated carbocycles. The Morgan fingerprint density at radius 3 is 2.97 bits per heavy atom. The highest BCUT2D eigenvalue weighted by molar-refractivity contribution is 7.20. The standard InChI is InChI=1S/C22H21N5O3S/c23-21(28)27-11-14-3-4-15(27)10-26(14)9-13-12-29-18-8-16(5-6-17(13)18)30-22-25-20-19(31-22)2-1-7-24-20/h1-2,5-8,12,14-15H,3-4,9-11H2,(H2,23,28). The number of thiazole rings is 1. The van der Waals surface area contributed by atoms with Crippen molar-refractivity contribution in [3.05, 3.63) is 48.4 Å². The molecular formula is C22H21N5O3S. The minimum absolute atomic E-state index is 0.212. The number of urea groups is 1. The molecule has 3 fully saturated rings. The predicted octanol–water partition coefficient (Wildman–Crippen LogP) is 3.96. The highest BCUT2D eigenvalue weighted by Crippen LogP contribution is 2.35. The van der Waals surface area contributed by atoms with E-state index in [1.54, 1.807) is 6.20 Å². The Kier molecular flexibility index (Phi) is 4.32. The highest BCUT2D eigenvalue weighted by atomic mass is 32.1. The van der Waals surface area contributed by atoms with Crippen molar-refractivity contribution in [1.82, 2.24) is 19.8 Å². The van der Waals surface area contributed by atoms with E-state index in [9.17, 15) is 4.79 Å². The molecule has 3 aliphatic rings. The molecule has 3 aromatic heterocycles. The van der Waals surface area contributed by atoms with Gasteiger partial charge in [-0.2, -0.15) is 4.98 Å². The van der Waals surface area contributed by atoms with Crippen molar-refractivity contribution >= 4 is 38.7 Å². The van der Waals surface area contributed by atoms with Crippen LogP contribution in [-0.4, -0.2) is 51.0 Å². The lowest BCUT2D eigenvalue weighted by Crippen LogP contribution is -2.64. The number of piperidine rings is 2. The summed E-state index contributed by atoms with van der Waals surface area (Å²) in [6.45, 7) is 2.36. The summed E-state index contributed by atoms with van der Waals surface area (Å²) in [5.41, 5.74) is 8.15. The van der Waals surface area contributed by atoms with Crippen molar-refractivity contribution in [3.8, 4) is 10.9 Å². The van der Waals surface area contributed by atoms with E-state index < -0.39 is 0 Å². The number of rotatable bonds is 4. The quantitative estimate of drug-likeness (QED) is 0.521. The van der Waals surface area contributed by atoms with E-state index in [2.05, 4.69) is 14.9 Å². The molecule has 6 heterocycles. The van der Waals surface area contributed by atoms with Crippen molar-refractivity contribution in [2.24, 2.45) is 5.73 Å². The first-order chi connectivity index (χ1) is 15.1. The number of aromatic nitrogens is 2. The van der Waals surface area contributed by atoms with Gasteiger partial charge in [0.05, 0.1) is 11.0 Å². The lowest BCUT2D eigenvalue weighted by atomic mass is 9.90. The number of carbonyl (C=O) groups excluding carboxylic acids is 1. The third kappa shape index (κ3) is 3.30. The molecule has 2 amide bonds. The molecule has 31 heavy (non-hydrogen) atoms. The molecule has 4 aromatic rings. The third-order valence-corrected chi connectivity index (χ3v) is 7.16. The van der Waals surface area contributed by atoms with Crippen LogP contribution in [-0.2, 0) is 6.54 Å². The molecule has 3 aliphatic heterocycles. The van der Waals surface area contributed by atoms with E-state index >= 15 is 0 Å². The fourth-order valence-electron chi connectivity index (χ4n) is 4.74. The summed E-state index contributed by atoms with van der Waals surface area (Å²) in [5, 5.41) is 1.63. The average Bonchev–Trinajstić information content (AvgIpc) is 3.37. The summed E-state index contributed by atoms with van der Waals surface area (Å²) >= 11 is 1.47. The number of hydrogen-bond acceptors (Lipinski definition) is 7. The van der Waals surface area contributed by atoms with Gasteiger partial charge < -0.3 is 19.8 Å². The van der Waals surface area contributed by atoms with Gasteiger partial charge in [0.25, 0.3) is 5.19 Å². The van der Waals surface area contributed by atoms with Crippen LogP contribution < -0.4 is 10.5 Å². The maximum absolute atomic E-state index is 11.7. The normalized spacial score (nSPS) is 21.2. The molecule has 2 atom stereocenters. The van der Waals surface area contributed by atoms with Gasteiger partial charge >= 0.3 is 6.03 Å². The van der Waals surface area contributed by atoms with Gasteiger partial charge in [-0.15, -0.1) is 0 Å². The summed E-state index contributed by atoms with van der Waals surface area (Å²) in [4.78, 5) is 24.6. The number of ether oxygens (including phenoxy) is 1. The Labute approximate surface area is 182 Å². The van der Waals surface area contributed by atoms with Gasteiger partial charge in [-0.3, -0.25) is 4.90 Å². The van der Waals surface area contributed by atoms with Crippen molar-refractivity contribution in [3.63, 3.8) is 0 Å². The van der Waals surface area contributed by atoms with Crippen molar-refractivity contribution in [2.45, 2.75) is 31.5 Å². The van der Waals surface area contributed by atoms with Crippen LogP contribution in [0.5, 0.6) is 10.9 Å². The molecule has 0 aliphatic carbocycles. The van der Waals surface area contributed by atoms with Crippen LogP contribution in [0.2, 0.25) is 0 Å². The number of nitrogens with two attached hydrogens (primary N) is 1. The number of nitrogens with zero attached hydrogens (tertiary/aromatic N) is 4. The number of hydrogen-bond donors (Lipinski definition) is 1. The number of fused-ring (bicyclic) bond motifs is 5. The first-order valence-corrected chi connectivity index (χ1v) is 11.2. The number of primary amides is 1. The number of benzene rings is 1. The molecule has 3 saturated heterocycles. The molecule has 2 bridgehead atoms. The fraction of sp³-hybridized carbons (Fsp3) is 0.318. The van der Waals surface area contributed by atoms with Gasteiger partial charge in [0.1, 0.15) is 11.3 Å². The summed E-state index contributed by atoms with van der Waals surface area (Å²) < 4.78 is 12.8. The summed E-state index contributed by atoms with van der Waals surface area (Å²) in [6.07, 6.45) is 5.67. The van der Waals surface area contributed by atoms with Crippen molar-refractivity contribution in [2.75, 3.05) is 13.1 Å². The molecule has 1 aromatic carbocycles. The fourth-order valence-corrected chi connectivity index (χ4v) is 5.54. The SMILES string of the molecule is NC(=O)N1CC2CCC1CN2Cc1coc2cc(Oc3nc4ncccc4s3)ccc12. The van der Waals surface area contributed by atoms with E-state index in [1.165, 1.54) is 11.3 Å². The van der Waals surface area contributed by atoms with Gasteiger partial charge in [-0.1, -0.05) is 11.3 Å². The highest BCUT2D eigenvalue weighted by Gasteiger charge is 2.40. The minimum Gasteiger partial charge on any atom is -0.464 e. The number of piperazine rings is 1. The van der Waals surface area contributed by atoms with Crippen molar-refractivity contribution in [1.29, 1.82) is 0 Å². The smallest absolute Gasteiger partial charge is 0.315 e. The van der Waals surface area contributed by atoms with E-state index in [-0.39, 0.29) is 12.1 Å². The largest absolute Gasteiger partial charge is 0.464 e. The third-order valence-electron chi connectivity index (χ3n) is 6.28. The Bertz CT molecular complexity index is 1250. The molecular weight excluding hydrogens is 414 g/mol.